The smallest absolute Gasteiger partial charge is 0.262 e. The van der Waals surface area contributed by atoms with Gasteiger partial charge in [0, 0.05) is 5.69 Å². The van der Waals surface area contributed by atoms with E-state index in [1.54, 1.807) is 43.3 Å². The van der Waals surface area contributed by atoms with E-state index in [4.69, 9.17) is 5.26 Å². The molecule has 0 bridgehead atoms. The van der Waals surface area contributed by atoms with Crippen LogP contribution >= 0.6 is 0 Å². The molecular weight excluding hydrogens is 284 g/mol. The molecule has 0 radical (unpaired) electrons. The monoisotopic (exact) mass is 300 g/mol. The second-order valence-corrected chi connectivity index (χ2v) is 6.56. The van der Waals surface area contributed by atoms with Crippen molar-refractivity contribution in [3.05, 3.63) is 59.2 Å². The minimum absolute atomic E-state index is 0.272. The minimum Gasteiger partial charge on any atom is -0.280 e. The first kappa shape index (κ1) is 15.1. The second-order valence-electron chi connectivity index (χ2n) is 4.91. The molecule has 21 heavy (non-hydrogen) atoms. The van der Waals surface area contributed by atoms with Crippen LogP contribution in [0.25, 0.3) is 0 Å². The van der Waals surface area contributed by atoms with Crippen LogP contribution in [-0.2, 0) is 16.4 Å². The molecule has 2 aromatic rings. The molecule has 0 aliphatic rings. The summed E-state index contributed by atoms with van der Waals surface area (Å²) in [7, 11) is -3.60. The number of anilines is 1. The van der Waals surface area contributed by atoms with Crippen LogP contribution in [0.3, 0.4) is 0 Å². The van der Waals surface area contributed by atoms with Gasteiger partial charge in [0.1, 0.15) is 0 Å². The zero-order chi connectivity index (χ0) is 15.5. The number of nitrogens with zero attached hydrogens (tertiary/aromatic N) is 1. The number of nitriles is 1. The van der Waals surface area contributed by atoms with Crippen LogP contribution in [0.1, 0.15) is 16.7 Å². The van der Waals surface area contributed by atoms with Crippen LogP contribution in [0, 0.1) is 25.2 Å². The highest BCUT2D eigenvalue weighted by atomic mass is 32.2. The van der Waals surface area contributed by atoms with E-state index in [9.17, 15) is 8.42 Å². The van der Waals surface area contributed by atoms with Crippen molar-refractivity contribution < 1.29 is 8.42 Å². The van der Waals surface area contributed by atoms with Crippen LogP contribution in [0.4, 0.5) is 5.69 Å². The van der Waals surface area contributed by atoms with Gasteiger partial charge in [-0.15, -0.1) is 0 Å². The summed E-state index contributed by atoms with van der Waals surface area (Å²) < 4.78 is 27.3. The second kappa shape index (κ2) is 5.98. The van der Waals surface area contributed by atoms with Crippen LogP contribution in [0.5, 0.6) is 0 Å². The fourth-order valence-electron chi connectivity index (χ4n) is 2.09. The molecule has 1 N–H and O–H groups in total. The summed E-state index contributed by atoms with van der Waals surface area (Å²) in [6, 6.07) is 14.1. The average Bonchev–Trinajstić information content (AvgIpc) is 2.40. The van der Waals surface area contributed by atoms with Gasteiger partial charge in [0.25, 0.3) is 10.0 Å². The van der Waals surface area contributed by atoms with E-state index >= 15 is 0 Å². The van der Waals surface area contributed by atoms with E-state index in [0.717, 1.165) is 11.1 Å². The summed E-state index contributed by atoms with van der Waals surface area (Å²) in [6.45, 7) is 3.70. The van der Waals surface area contributed by atoms with E-state index in [2.05, 4.69) is 10.8 Å². The Morgan fingerprint density at radius 1 is 1.10 bits per heavy atom. The van der Waals surface area contributed by atoms with Gasteiger partial charge in [-0.25, -0.2) is 8.42 Å². The Morgan fingerprint density at radius 2 is 1.76 bits per heavy atom. The maximum Gasteiger partial charge on any atom is 0.262 e. The molecule has 0 saturated carbocycles. The number of hydrogen-bond acceptors (Lipinski definition) is 3. The Bertz CT molecular complexity index is 788. The van der Waals surface area contributed by atoms with Crippen molar-refractivity contribution in [2.75, 3.05) is 4.72 Å². The standard InChI is InChI=1S/C16H16N2O2S/c1-12-3-8-16(13(2)11-12)21(19,20)18-15-6-4-14(5-7-15)9-10-17/h3-8,11,18H,9H2,1-2H3. The predicted molar refractivity (Wildman–Crippen MR) is 82.5 cm³/mol. The summed E-state index contributed by atoms with van der Waals surface area (Å²) in [6.07, 6.45) is 0.310. The zero-order valence-electron chi connectivity index (χ0n) is 11.9. The lowest BCUT2D eigenvalue weighted by Crippen LogP contribution is -2.14. The molecule has 0 unspecified atom stereocenters. The van der Waals surface area contributed by atoms with Crippen LogP contribution in [0.15, 0.2) is 47.4 Å². The maximum absolute atomic E-state index is 12.4. The number of benzene rings is 2. The van der Waals surface area contributed by atoms with Crippen LogP contribution in [-0.4, -0.2) is 8.42 Å². The summed E-state index contributed by atoms with van der Waals surface area (Å²) in [5.74, 6) is 0. The van der Waals surface area contributed by atoms with E-state index < -0.39 is 10.0 Å². The third kappa shape index (κ3) is 3.61. The highest BCUT2D eigenvalue weighted by Gasteiger charge is 2.16. The number of sulfonamides is 1. The van der Waals surface area contributed by atoms with E-state index in [0.29, 0.717) is 17.7 Å². The maximum atomic E-state index is 12.4. The minimum atomic E-state index is -3.60. The van der Waals surface area contributed by atoms with Crippen molar-refractivity contribution >= 4 is 15.7 Å². The number of hydrogen-bond donors (Lipinski definition) is 1. The van der Waals surface area contributed by atoms with Gasteiger partial charge >= 0.3 is 0 Å². The Kier molecular flexibility index (Phi) is 4.29. The number of aryl methyl sites for hydroxylation is 2. The van der Waals surface area contributed by atoms with Gasteiger partial charge in [0.2, 0.25) is 0 Å². The molecule has 108 valence electrons. The quantitative estimate of drug-likeness (QED) is 0.942. The molecule has 5 heteroatoms. The van der Waals surface area contributed by atoms with Crippen LogP contribution in [0.2, 0.25) is 0 Å². The van der Waals surface area contributed by atoms with Gasteiger partial charge in [-0.3, -0.25) is 4.72 Å². The third-order valence-corrected chi connectivity index (χ3v) is 4.65. The molecule has 0 saturated heterocycles. The van der Waals surface area contributed by atoms with Crippen molar-refractivity contribution in [2.24, 2.45) is 0 Å². The lowest BCUT2D eigenvalue weighted by molar-refractivity contribution is 0.600. The first-order valence-corrected chi connectivity index (χ1v) is 7.96. The summed E-state index contributed by atoms with van der Waals surface area (Å²) in [4.78, 5) is 0.272. The van der Waals surface area contributed by atoms with Crippen LogP contribution < -0.4 is 4.72 Å². The molecule has 0 aromatic heterocycles. The fraction of sp³-hybridized carbons (Fsp3) is 0.188. The molecule has 0 amide bonds. The first-order valence-electron chi connectivity index (χ1n) is 6.48. The lowest BCUT2D eigenvalue weighted by atomic mass is 10.1. The van der Waals surface area contributed by atoms with Crippen molar-refractivity contribution in [3.8, 4) is 6.07 Å². The highest BCUT2D eigenvalue weighted by Crippen LogP contribution is 2.20. The normalized spacial score (nSPS) is 10.9. The molecule has 0 aliphatic heterocycles. The Labute approximate surface area is 125 Å². The van der Waals surface area contributed by atoms with E-state index in [-0.39, 0.29) is 4.90 Å². The van der Waals surface area contributed by atoms with Gasteiger partial charge in [-0.1, -0.05) is 29.8 Å². The van der Waals surface area contributed by atoms with Gasteiger partial charge < -0.3 is 0 Å². The Morgan fingerprint density at radius 3 is 2.33 bits per heavy atom. The van der Waals surface area contributed by atoms with Crippen molar-refractivity contribution in [1.82, 2.24) is 0 Å². The van der Waals surface area contributed by atoms with Gasteiger partial charge in [-0.2, -0.15) is 5.26 Å². The van der Waals surface area contributed by atoms with E-state index in [1.807, 2.05) is 13.0 Å². The predicted octanol–water partition coefficient (Wildman–Crippen LogP) is 3.17. The molecule has 2 aromatic carbocycles. The molecule has 0 atom stereocenters. The highest BCUT2D eigenvalue weighted by molar-refractivity contribution is 7.92. The topological polar surface area (TPSA) is 70.0 Å². The summed E-state index contributed by atoms with van der Waals surface area (Å²) in [5, 5.41) is 8.62. The van der Waals surface area contributed by atoms with E-state index in [1.165, 1.54) is 0 Å². The first-order chi connectivity index (χ1) is 9.92. The molecule has 0 spiro atoms. The Hall–Kier alpha value is -2.32. The average molecular weight is 300 g/mol. The number of nitrogens with one attached hydrogen (secondary N) is 1. The summed E-state index contributed by atoms with van der Waals surface area (Å²) >= 11 is 0. The summed E-state index contributed by atoms with van der Waals surface area (Å²) in [5.41, 5.74) is 3.07. The lowest BCUT2D eigenvalue weighted by Gasteiger charge is -2.11. The van der Waals surface area contributed by atoms with Gasteiger partial charge in [0.05, 0.1) is 17.4 Å². The van der Waals surface area contributed by atoms with Crippen molar-refractivity contribution in [1.29, 1.82) is 5.26 Å². The number of rotatable bonds is 4. The largest absolute Gasteiger partial charge is 0.280 e. The van der Waals surface area contributed by atoms with Gasteiger partial charge in [-0.05, 0) is 43.2 Å². The van der Waals surface area contributed by atoms with Crippen molar-refractivity contribution in [2.45, 2.75) is 25.2 Å². The molecular formula is C16H16N2O2S. The third-order valence-electron chi connectivity index (χ3n) is 3.11. The van der Waals surface area contributed by atoms with Crippen molar-refractivity contribution in [3.63, 3.8) is 0 Å². The SMILES string of the molecule is Cc1ccc(S(=O)(=O)Nc2ccc(CC#N)cc2)c(C)c1. The Balaban J connectivity index is 2.27. The van der Waals surface area contributed by atoms with Gasteiger partial charge in [0.15, 0.2) is 0 Å². The molecule has 0 heterocycles. The fourth-order valence-corrected chi connectivity index (χ4v) is 3.38. The molecule has 0 aliphatic carbocycles. The molecule has 4 nitrogen and oxygen atoms in total. The molecule has 0 fully saturated rings. The molecule has 2 rings (SSSR count). The zero-order valence-corrected chi connectivity index (χ0v) is 12.7.